The van der Waals surface area contributed by atoms with Crippen molar-refractivity contribution < 1.29 is 12.8 Å². The van der Waals surface area contributed by atoms with Crippen LogP contribution in [0.25, 0.3) is 0 Å². The minimum atomic E-state index is -3.68. The zero-order valence-corrected chi connectivity index (χ0v) is 16.9. The summed E-state index contributed by atoms with van der Waals surface area (Å²) >= 11 is 12.0. The largest absolute Gasteiger partial charge is 0.424 e. The van der Waals surface area contributed by atoms with Crippen LogP contribution in [0.4, 0.5) is 0 Å². The molecule has 1 saturated heterocycles. The Kier molecular flexibility index (Phi) is 5.88. The van der Waals surface area contributed by atoms with Gasteiger partial charge in [0.2, 0.25) is 21.8 Å². The summed E-state index contributed by atoms with van der Waals surface area (Å²) in [4.78, 5) is 2.13. The summed E-state index contributed by atoms with van der Waals surface area (Å²) in [5, 5.41) is 8.35. The molecule has 0 aliphatic carbocycles. The number of hydrogen-bond donors (Lipinski definition) is 0. The van der Waals surface area contributed by atoms with Crippen molar-refractivity contribution in [3.8, 4) is 0 Å². The summed E-state index contributed by atoms with van der Waals surface area (Å²) in [6.45, 7) is 6.33. The molecule has 1 aliphatic rings. The maximum Gasteiger partial charge on any atom is 0.244 e. The molecule has 142 valence electrons. The first-order valence-corrected chi connectivity index (χ1v) is 10.5. The second-order valence-electron chi connectivity index (χ2n) is 6.42. The fourth-order valence-electron chi connectivity index (χ4n) is 2.71. The minimum absolute atomic E-state index is 0.0404. The predicted molar refractivity (Wildman–Crippen MR) is 98.9 cm³/mol. The third kappa shape index (κ3) is 4.04. The molecule has 0 saturated carbocycles. The van der Waals surface area contributed by atoms with Gasteiger partial charge in [0.15, 0.2) is 0 Å². The number of rotatable bonds is 5. The van der Waals surface area contributed by atoms with Crippen LogP contribution in [0.5, 0.6) is 0 Å². The van der Waals surface area contributed by atoms with Gasteiger partial charge in [0, 0.05) is 32.1 Å². The summed E-state index contributed by atoms with van der Waals surface area (Å²) < 4.78 is 32.7. The van der Waals surface area contributed by atoms with Gasteiger partial charge >= 0.3 is 0 Å². The van der Waals surface area contributed by atoms with Crippen molar-refractivity contribution in [3.63, 3.8) is 0 Å². The monoisotopic (exact) mass is 418 g/mol. The molecule has 2 aromatic rings. The summed E-state index contributed by atoms with van der Waals surface area (Å²) in [7, 11) is -3.68. The molecule has 2 heterocycles. The standard InChI is InChI=1S/C16H20Cl2N4O3S/c1-11(2)16-20-19-14(25-16)10-21-6-8-22(9-7-21)26(23,24)13-5-3-4-12(17)15(13)18/h3-5,11H,6-10H2,1-2H3. The summed E-state index contributed by atoms with van der Waals surface area (Å²) in [6, 6.07) is 4.62. The van der Waals surface area contributed by atoms with Gasteiger partial charge in [-0.25, -0.2) is 8.42 Å². The number of aromatic nitrogens is 2. The molecule has 0 bridgehead atoms. The fraction of sp³-hybridized carbons (Fsp3) is 0.500. The van der Waals surface area contributed by atoms with E-state index in [0.29, 0.717) is 44.5 Å². The van der Waals surface area contributed by atoms with Gasteiger partial charge in [-0.15, -0.1) is 10.2 Å². The third-order valence-electron chi connectivity index (χ3n) is 4.20. The maximum absolute atomic E-state index is 12.8. The highest BCUT2D eigenvalue weighted by atomic mass is 35.5. The molecule has 7 nitrogen and oxygen atoms in total. The van der Waals surface area contributed by atoms with Gasteiger partial charge in [0.1, 0.15) is 4.90 Å². The Hall–Kier alpha value is -1.19. The van der Waals surface area contributed by atoms with Gasteiger partial charge in [0.05, 0.1) is 16.6 Å². The second-order valence-corrected chi connectivity index (χ2v) is 9.11. The van der Waals surface area contributed by atoms with Crippen molar-refractivity contribution >= 4 is 33.2 Å². The average Bonchev–Trinajstić information content (AvgIpc) is 3.06. The van der Waals surface area contributed by atoms with Crippen molar-refractivity contribution in [3.05, 3.63) is 40.0 Å². The van der Waals surface area contributed by atoms with Crippen molar-refractivity contribution in [1.82, 2.24) is 19.4 Å². The lowest BCUT2D eigenvalue weighted by molar-refractivity contribution is 0.167. The summed E-state index contributed by atoms with van der Waals surface area (Å²) in [6.07, 6.45) is 0. The van der Waals surface area contributed by atoms with E-state index in [1.54, 1.807) is 12.1 Å². The van der Waals surface area contributed by atoms with Crippen LogP contribution in [-0.2, 0) is 16.6 Å². The zero-order chi connectivity index (χ0) is 18.9. The number of piperazine rings is 1. The lowest BCUT2D eigenvalue weighted by atomic mass is 10.2. The molecule has 10 heteroatoms. The topological polar surface area (TPSA) is 79.5 Å². The van der Waals surface area contributed by atoms with Gasteiger partial charge in [-0.1, -0.05) is 43.1 Å². The summed E-state index contributed by atoms with van der Waals surface area (Å²) in [5.74, 6) is 1.33. The molecule has 1 aromatic heterocycles. The van der Waals surface area contributed by atoms with E-state index in [0.717, 1.165) is 0 Å². The first-order chi connectivity index (χ1) is 12.3. The lowest BCUT2D eigenvalue weighted by Crippen LogP contribution is -2.48. The second kappa shape index (κ2) is 7.82. The van der Waals surface area contributed by atoms with E-state index in [1.807, 2.05) is 13.8 Å². The molecule has 0 radical (unpaired) electrons. The van der Waals surface area contributed by atoms with Gasteiger partial charge in [-0.05, 0) is 12.1 Å². The Labute approximate surface area is 162 Å². The number of halogens is 2. The Morgan fingerprint density at radius 1 is 1.15 bits per heavy atom. The molecule has 26 heavy (non-hydrogen) atoms. The van der Waals surface area contributed by atoms with Crippen LogP contribution in [0.1, 0.15) is 31.5 Å². The first kappa shape index (κ1) is 19.6. The van der Waals surface area contributed by atoms with Crippen LogP contribution in [-0.4, -0.2) is 54.0 Å². The molecule has 1 aromatic carbocycles. The summed E-state index contributed by atoms with van der Waals surface area (Å²) in [5.41, 5.74) is 0. The van der Waals surface area contributed by atoms with E-state index in [2.05, 4.69) is 15.1 Å². The number of hydrogen-bond acceptors (Lipinski definition) is 6. The molecule has 0 spiro atoms. The number of sulfonamides is 1. The molecule has 3 rings (SSSR count). The van der Waals surface area contributed by atoms with Crippen molar-refractivity contribution in [2.24, 2.45) is 0 Å². The van der Waals surface area contributed by atoms with E-state index in [-0.39, 0.29) is 20.9 Å². The van der Waals surface area contributed by atoms with E-state index in [4.69, 9.17) is 27.6 Å². The molecule has 0 amide bonds. The molecular formula is C16H20Cl2N4O3S. The van der Waals surface area contributed by atoms with Crippen molar-refractivity contribution in [2.75, 3.05) is 26.2 Å². The quantitative estimate of drug-likeness (QED) is 0.742. The smallest absolute Gasteiger partial charge is 0.244 e. The van der Waals surface area contributed by atoms with E-state index in [9.17, 15) is 8.42 Å². The Balaban J connectivity index is 1.65. The molecular weight excluding hydrogens is 399 g/mol. The molecule has 0 N–H and O–H groups in total. The van der Waals surface area contributed by atoms with E-state index >= 15 is 0 Å². The van der Waals surface area contributed by atoms with E-state index < -0.39 is 10.0 Å². The van der Waals surface area contributed by atoms with Crippen LogP contribution in [0, 0.1) is 0 Å². The van der Waals surface area contributed by atoms with Crippen molar-refractivity contribution in [1.29, 1.82) is 0 Å². The van der Waals surface area contributed by atoms with Gasteiger partial charge in [-0.3, -0.25) is 4.90 Å². The van der Waals surface area contributed by atoms with Gasteiger partial charge in [0.25, 0.3) is 0 Å². The maximum atomic E-state index is 12.8. The normalized spacial score (nSPS) is 17.1. The van der Waals surface area contributed by atoms with E-state index in [1.165, 1.54) is 10.4 Å². The zero-order valence-electron chi connectivity index (χ0n) is 14.5. The highest BCUT2D eigenvalue weighted by Crippen LogP contribution is 2.31. The Bertz CT molecular complexity index is 877. The fourth-order valence-corrected chi connectivity index (χ4v) is 4.86. The SMILES string of the molecule is CC(C)c1nnc(CN2CCN(S(=O)(=O)c3cccc(Cl)c3Cl)CC2)o1. The van der Waals surface area contributed by atoms with Crippen LogP contribution in [0.3, 0.4) is 0 Å². The van der Waals surface area contributed by atoms with Gasteiger partial charge < -0.3 is 4.42 Å². The predicted octanol–water partition coefficient (Wildman–Crippen LogP) is 3.01. The number of benzene rings is 1. The molecule has 1 fully saturated rings. The van der Waals surface area contributed by atoms with Crippen molar-refractivity contribution in [2.45, 2.75) is 31.2 Å². The van der Waals surface area contributed by atoms with Crippen LogP contribution in [0.15, 0.2) is 27.5 Å². The highest BCUT2D eigenvalue weighted by molar-refractivity contribution is 7.89. The first-order valence-electron chi connectivity index (χ1n) is 8.28. The lowest BCUT2D eigenvalue weighted by Gasteiger charge is -2.33. The molecule has 0 unspecified atom stereocenters. The number of nitrogens with zero attached hydrogens (tertiary/aromatic N) is 4. The van der Waals surface area contributed by atoms with Gasteiger partial charge in [-0.2, -0.15) is 4.31 Å². The molecule has 0 atom stereocenters. The van der Waals surface area contributed by atoms with Crippen LogP contribution >= 0.6 is 23.2 Å². The van der Waals surface area contributed by atoms with Crippen LogP contribution in [0.2, 0.25) is 10.0 Å². The molecule has 1 aliphatic heterocycles. The average molecular weight is 419 g/mol. The third-order valence-corrected chi connectivity index (χ3v) is 7.07. The Morgan fingerprint density at radius 2 is 1.85 bits per heavy atom. The minimum Gasteiger partial charge on any atom is -0.424 e. The highest BCUT2D eigenvalue weighted by Gasteiger charge is 2.31. The van der Waals surface area contributed by atoms with Crippen LogP contribution < -0.4 is 0 Å². The Morgan fingerprint density at radius 3 is 2.46 bits per heavy atom.